The van der Waals surface area contributed by atoms with Crippen LogP contribution in [0.25, 0.3) is 0 Å². The van der Waals surface area contributed by atoms with Crippen molar-refractivity contribution < 1.29 is 18.3 Å². The highest BCUT2D eigenvalue weighted by Gasteiger charge is 2.34. The number of nitrogens with zero attached hydrogens (tertiary/aromatic N) is 1. The molecular weight excluding hydrogens is 244 g/mol. The quantitative estimate of drug-likeness (QED) is 0.739. The van der Waals surface area contributed by atoms with Crippen molar-refractivity contribution in [1.82, 2.24) is 9.03 Å². The zero-order valence-corrected chi connectivity index (χ0v) is 11.8. The average Bonchev–Trinajstić information content (AvgIpc) is 2.09. The fourth-order valence-corrected chi connectivity index (χ4v) is 2.86. The van der Waals surface area contributed by atoms with Gasteiger partial charge in [-0.2, -0.15) is 12.7 Å². The van der Waals surface area contributed by atoms with Crippen LogP contribution in [0.5, 0.6) is 0 Å². The number of hydrogen-bond donors (Lipinski definition) is 2. The lowest BCUT2D eigenvalue weighted by atomic mass is 10.1. The van der Waals surface area contributed by atoms with Crippen LogP contribution in [0.3, 0.4) is 0 Å². The summed E-state index contributed by atoms with van der Waals surface area (Å²) in [6.07, 6.45) is 0. The van der Waals surface area contributed by atoms with E-state index < -0.39 is 28.3 Å². The first-order chi connectivity index (χ1) is 7.47. The van der Waals surface area contributed by atoms with Crippen molar-refractivity contribution in [3.8, 4) is 0 Å². The number of aliphatic carboxylic acids is 1. The zero-order valence-electron chi connectivity index (χ0n) is 11.0. The Hall–Kier alpha value is -0.660. The highest BCUT2D eigenvalue weighted by molar-refractivity contribution is 7.87. The fraction of sp³-hybridized carbons (Fsp3) is 0.900. The Labute approximate surface area is 103 Å². The van der Waals surface area contributed by atoms with Gasteiger partial charge in [-0.1, -0.05) is 13.8 Å². The molecule has 0 aromatic heterocycles. The van der Waals surface area contributed by atoms with Crippen LogP contribution >= 0.6 is 0 Å². The molecule has 0 saturated heterocycles. The van der Waals surface area contributed by atoms with E-state index in [4.69, 9.17) is 5.11 Å². The SMILES string of the molecule is CC(C)CNS(=O)(=O)N(CC(=O)O)C(C)(C)C. The summed E-state index contributed by atoms with van der Waals surface area (Å²) in [5, 5.41) is 8.75. The van der Waals surface area contributed by atoms with E-state index in [1.807, 2.05) is 13.8 Å². The monoisotopic (exact) mass is 266 g/mol. The van der Waals surface area contributed by atoms with E-state index in [0.717, 1.165) is 4.31 Å². The summed E-state index contributed by atoms with van der Waals surface area (Å²) in [5.41, 5.74) is -0.777. The molecule has 0 heterocycles. The number of carboxylic acids is 1. The van der Waals surface area contributed by atoms with Gasteiger partial charge in [-0.05, 0) is 26.7 Å². The maximum atomic E-state index is 12.0. The number of hydrogen-bond acceptors (Lipinski definition) is 3. The van der Waals surface area contributed by atoms with Crippen molar-refractivity contribution in [3.63, 3.8) is 0 Å². The van der Waals surface area contributed by atoms with Crippen molar-refractivity contribution in [2.75, 3.05) is 13.1 Å². The third-order valence-electron chi connectivity index (χ3n) is 1.99. The lowest BCUT2D eigenvalue weighted by Crippen LogP contribution is -2.53. The molecule has 0 saturated carbocycles. The van der Waals surface area contributed by atoms with Crippen molar-refractivity contribution in [2.24, 2.45) is 5.92 Å². The molecule has 0 amide bonds. The minimum atomic E-state index is -3.77. The van der Waals surface area contributed by atoms with Crippen LogP contribution < -0.4 is 4.72 Å². The maximum absolute atomic E-state index is 12.0. The second-order valence-corrected chi connectivity index (χ2v) is 7.00. The number of carbonyl (C=O) groups is 1. The summed E-state index contributed by atoms with van der Waals surface area (Å²) in [6.45, 7) is 8.47. The van der Waals surface area contributed by atoms with Crippen LogP contribution in [0.4, 0.5) is 0 Å². The standard InChI is InChI=1S/C10H22N2O4S/c1-8(2)6-11-17(15,16)12(7-9(13)14)10(3,4)5/h8,11H,6-7H2,1-5H3,(H,13,14). The Bertz CT molecular complexity index is 357. The third-order valence-corrected chi connectivity index (χ3v) is 3.78. The normalized spacial score (nSPS) is 13.4. The van der Waals surface area contributed by atoms with Gasteiger partial charge in [0.2, 0.25) is 0 Å². The topological polar surface area (TPSA) is 86.7 Å². The number of rotatable bonds is 6. The van der Waals surface area contributed by atoms with Crippen molar-refractivity contribution in [2.45, 2.75) is 40.2 Å². The first kappa shape index (κ1) is 16.3. The molecule has 6 nitrogen and oxygen atoms in total. The van der Waals surface area contributed by atoms with Gasteiger partial charge in [-0.15, -0.1) is 0 Å². The first-order valence-electron chi connectivity index (χ1n) is 5.46. The molecule has 0 radical (unpaired) electrons. The molecule has 0 unspecified atom stereocenters. The molecule has 0 atom stereocenters. The lowest BCUT2D eigenvalue weighted by molar-refractivity contribution is -0.138. The summed E-state index contributed by atoms with van der Waals surface area (Å²) in [6, 6.07) is 0. The second-order valence-electron chi connectivity index (χ2n) is 5.32. The summed E-state index contributed by atoms with van der Waals surface area (Å²) in [4.78, 5) is 10.7. The van der Waals surface area contributed by atoms with Gasteiger partial charge in [0, 0.05) is 12.1 Å². The predicted molar refractivity (Wildman–Crippen MR) is 65.9 cm³/mol. The molecule has 0 bridgehead atoms. The van der Waals surface area contributed by atoms with Gasteiger partial charge in [-0.3, -0.25) is 4.79 Å². The van der Waals surface area contributed by atoms with Gasteiger partial charge < -0.3 is 5.11 Å². The second kappa shape index (κ2) is 5.79. The third kappa shape index (κ3) is 5.99. The smallest absolute Gasteiger partial charge is 0.318 e. The average molecular weight is 266 g/mol. The van der Waals surface area contributed by atoms with Crippen molar-refractivity contribution >= 4 is 16.2 Å². The van der Waals surface area contributed by atoms with E-state index in [-0.39, 0.29) is 12.5 Å². The predicted octanol–water partition coefficient (Wildman–Crippen LogP) is 0.662. The van der Waals surface area contributed by atoms with Crippen LogP contribution in [0.1, 0.15) is 34.6 Å². The molecule has 0 aliphatic heterocycles. The summed E-state index contributed by atoms with van der Waals surface area (Å²) in [7, 11) is -3.77. The number of carboxylic acid groups (broad SMARTS) is 1. The van der Waals surface area contributed by atoms with E-state index in [1.165, 1.54) is 0 Å². The maximum Gasteiger partial charge on any atom is 0.318 e. The Balaban J connectivity index is 4.97. The van der Waals surface area contributed by atoms with Crippen LogP contribution in [0, 0.1) is 5.92 Å². The van der Waals surface area contributed by atoms with Gasteiger partial charge >= 0.3 is 5.97 Å². The van der Waals surface area contributed by atoms with Gasteiger partial charge in [0.05, 0.1) is 0 Å². The van der Waals surface area contributed by atoms with E-state index in [2.05, 4.69) is 4.72 Å². The van der Waals surface area contributed by atoms with E-state index in [0.29, 0.717) is 0 Å². The molecule has 0 aromatic rings. The first-order valence-corrected chi connectivity index (χ1v) is 6.90. The van der Waals surface area contributed by atoms with Crippen LogP contribution in [0.15, 0.2) is 0 Å². The van der Waals surface area contributed by atoms with Crippen molar-refractivity contribution in [1.29, 1.82) is 0 Å². The van der Waals surface area contributed by atoms with Crippen LogP contribution in [-0.4, -0.2) is 42.4 Å². The van der Waals surface area contributed by atoms with Crippen LogP contribution in [0.2, 0.25) is 0 Å². The van der Waals surface area contributed by atoms with Gasteiger partial charge in [0.15, 0.2) is 0 Å². The summed E-state index contributed by atoms with van der Waals surface area (Å²) >= 11 is 0. The molecule has 0 aliphatic rings. The molecule has 0 fully saturated rings. The highest BCUT2D eigenvalue weighted by Crippen LogP contribution is 2.16. The largest absolute Gasteiger partial charge is 0.480 e. The lowest BCUT2D eigenvalue weighted by Gasteiger charge is -2.33. The van der Waals surface area contributed by atoms with E-state index >= 15 is 0 Å². The highest BCUT2D eigenvalue weighted by atomic mass is 32.2. The van der Waals surface area contributed by atoms with E-state index in [1.54, 1.807) is 20.8 Å². The Morgan fingerprint density at radius 2 is 1.82 bits per heavy atom. The Morgan fingerprint density at radius 3 is 2.12 bits per heavy atom. The minimum Gasteiger partial charge on any atom is -0.480 e. The molecule has 0 spiro atoms. The zero-order chi connectivity index (χ0) is 13.9. The minimum absolute atomic E-state index is 0.163. The van der Waals surface area contributed by atoms with Gasteiger partial charge in [0.25, 0.3) is 10.2 Å². The molecular formula is C10H22N2O4S. The molecule has 0 aliphatic carbocycles. The molecule has 0 rings (SSSR count). The molecule has 17 heavy (non-hydrogen) atoms. The van der Waals surface area contributed by atoms with Gasteiger partial charge in [-0.25, -0.2) is 4.72 Å². The Morgan fingerprint density at radius 1 is 1.35 bits per heavy atom. The summed E-state index contributed by atoms with van der Waals surface area (Å²) in [5.74, 6) is -1.01. The van der Waals surface area contributed by atoms with Crippen molar-refractivity contribution in [3.05, 3.63) is 0 Å². The van der Waals surface area contributed by atoms with Gasteiger partial charge in [0.1, 0.15) is 6.54 Å². The Kier molecular flexibility index (Phi) is 5.57. The molecule has 102 valence electrons. The van der Waals surface area contributed by atoms with E-state index in [9.17, 15) is 13.2 Å². The number of nitrogens with one attached hydrogen (secondary N) is 1. The molecule has 7 heteroatoms. The molecule has 2 N–H and O–H groups in total. The van der Waals surface area contributed by atoms with Crippen LogP contribution in [-0.2, 0) is 15.0 Å². The fourth-order valence-electron chi connectivity index (χ4n) is 1.16. The summed E-state index contributed by atoms with van der Waals surface area (Å²) < 4.78 is 27.3. The molecule has 0 aromatic carbocycles.